The number of halogens is 2. The first-order valence-corrected chi connectivity index (χ1v) is 7.47. The molecule has 1 rings (SSSR count). The van der Waals surface area contributed by atoms with Gasteiger partial charge in [-0.3, -0.25) is 4.79 Å². The van der Waals surface area contributed by atoms with E-state index in [9.17, 15) is 4.79 Å². The molecule has 0 bridgehead atoms. The van der Waals surface area contributed by atoms with Crippen molar-refractivity contribution in [2.75, 3.05) is 62.6 Å². The Morgan fingerprint density at radius 1 is 0.880 bits per heavy atom. The lowest BCUT2D eigenvalue weighted by Gasteiger charge is -2.24. The number of ether oxygens (including phenoxy) is 3. The Bertz CT molecular complexity index is 504. The SMILES string of the molecule is Br.Br.COc1cc(C(=O)C(CN(C)C)CN(C)C)cc(OC)c1OC. The van der Waals surface area contributed by atoms with E-state index in [-0.39, 0.29) is 45.7 Å². The van der Waals surface area contributed by atoms with Crippen LogP contribution in [0.5, 0.6) is 17.2 Å². The smallest absolute Gasteiger partial charge is 0.203 e. The predicted molar refractivity (Wildman–Crippen MR) is 112 cm³/mol. The van der Waals surface area contributed by atoms with E-state index in [1.54, 1.807) is 33.5 Å². The maximum absolute atomic E-state index is 12.9. The van der Waals surface area contributed by atoms with Crippen LogP contribution in [0.15, 0.2) is 12.1 Å². The molecule has 146 valence electrons. The van der Waals surface area contributed by atoms with Gasteiger partial charge < -0.3 is 24.0 Å². The van der Waals surface area contributed by atoms with E-state index in [0.29, 0.717) is 35.9 Å². The Hall–Kier alpha value is -0.830. The molecular formula is C17H30Br2N2O4. The molecule has 1 aromatic carbocycles. The number of Topliss-reactive ketones (excluding diaryl/α,β-unsaturated/α-hetero) is 1. The number of carbonyl (C=O) groups excluding carboxylic acids is 1. The summed E-state index contributed by atoms with van der Waals surface area (Å²) in [5.74, 6) is 1.39. The summed E-state index contributed by atoms with van der Waals surface area (Å²) in [6, 6.07) is 3.42. The van der Waals surface area contributed by atoms with Crippen LogP contribution in [0.4, 0.5) is 0 Å². The van der Waals surface area contributed by atoms with Gasteiger partial charge >= 0.3 is 0 Å². The van der Waals surface area contributed by atoms with Crippen LogP contribution in [0.25, 0.3) is 0 Å². The zero-order valence-corrected chi connectivity index (χ0v) is 19.4. The molecular weight excluding hydrogens is 456 g/mol. The number of hydrogen-bond donors (Lipinski definition) is 0. The molecule has 8 heteroatoms. The third-order valence-corrected chi connectivity index (χ3v) is 3.49. The first-order valence-electron chi connectivity index (χ1n) is 7.47. The molecule has 0 aromatic heterocycles. The summed E-state index contributed by atoms with van der Waals surface area (Å²) in [5, 5.41) is 0. The van der Waals surface area contributed by atoms with E-state index in [0.717, 1.165) is 0 Å². The molecule has 0 atom stereocenters. The highest BCUT2D eigenvalue weighted by Crippen LogP contribution is 2.38. The van der Waals surface area contributed by atoms with Crippen LogP contribution in [0.1, 0.15) is 10.4 Å². The quantitative estimate of drug-likeness (QED) is 0.501. The van der Waals surface area contributed by atoms with Gasteiger partial charge in [-0.25, -0.2) is 0 Å². The maximum atomic E-state index is 12.9. The number of nitrogens with zero attached hydrogens (tertiary/aromatic N) is 2. The van der Waals surface area contributed by atoms with Gasteiger partial charge in [0.15, 0.2) is 17.3 Å². The molecule has 0 fully saturated rings. The molecule has 25 heavy (non-hydrogen) atoms. The second-order valence-corrected chi connectivity index (χ2v) is 6.00. The molecule has 0 heterocycles. The first kappa shape index (κ1) is 26.4. The van der Waals surface area contributed by atoms with E-state index in [2.05, 4.69) is 0 Å². The molecule has 0 aliphatic heterocycles. The lowest BCUT2D eigenvalue weighted by atomic mass is 9.96. The Kier molecular flexibility index (Phi) is 13.2. The number of hydrogen-bond acceptors (Lipinski definition) is 6. The van der Waals surface area contributed by atoms with Crippen LogP contribution < -0.4 is 14.2 Å². The van der Waals surface area contributed by atoms with Crippen LogP contribution in [0.3, 0.4) is 0 Å². The van der Waals surface area contributed by atoms with Crippen molar-refractivity contribution in [1.29, 1.82) is 0 Å². The number of rotatable bonds is 9. The van der Waals surface area contributed by atoms with Gasteiger partial charge in [0.05, 0.1) is 21.3 Å². The summed E-state index contributed by atoms with van der Waals surface area (Å²) in [6.45, 7) is 1.35. The topological polar surface area (TPSA) is 51.2 Å². The minimum absolute atomic E-state index is 0. The van der Waals surface area contributed by atoms with Gasteiger partial charge in [0.1, 0.15) is 0 Å². The van der Waals surface area contributed by atoms with E-state index < -0.39 is 0 Å². The van der Waals surface area contributed by atoms with Gasteiger partial charge in [-0.05, 0) is 40.3 Å². The van der Waals surface area contributed by atoms with Gasteiger partial charge in [-0.1, -0.05) is 0 Å². The fourth-order valence-corrected chi connectivity index (χ4v) is 2.56. The molecule has 0 aliphatic rings. The van der Waals surface area contributed by atoms with Crippen molar-refractivity contribution >= 4 is 39.7 Å². The van der Waals surface area contributed by atoms with Crippen LogP contribution in [0.2, 0.25) is 0 Å². The standard InChI is InChI=1S/C17H28N2O4.2BrH/c1-18(2)10-13(11-19(3)4)16(20)12-8-14(21-5)17(23-7)15(9-12)22-6;;/h8-9,13H,10-11H2,1-7H3;2*1H. The summed E-state index contributed by atoms with van der Waals surface area (Å²) < 4.78 is 16.0. The molecule has 0 radical (unpaired) electrons. The number of benzene rings is 1. The van der Waals surface area contributed by atoms with Crippen LogP contribution in [-0.4, -0.2) is 78.2 Å². The molecule has 0 spiro atoms. The minimum Gasteiger partial charge on any atom is -0.493 e. The molecule has 6 nitrogen and oxygen atoms in total. The Morgan fingerprint density at radius 2 is 1.28 bits per heavy atom. The zero-order chi connectivity index (χ0) is 17.6. The summed E-state index contributed by atoms with van der Waals surface area (Å²) in [6.07, 6.45) is 0. The number of carbonyl (C=O) groups is 1. The monoisotopic (exact) mass is 484 g/mol. The van der Waals surface area contributed by atoms with Gasteiger partial charge in [-0.2, -0.15) is 0 Å². The second-order valence-electron chi connectivity index (χ2n) is 6.00. The van der Waals surface area contributed by atoms with Gasteiger partial charge in [-0.15, -0.1) is 34.0 Å². The average Bonchev–Trinajstić information content (AvgIpc) is 2.50. The molecule has 0 saturated carbocycles. The van der Waals surface area contributed by atoms with Crippen LogP contribution in [0, 0.1) is 5.92 Å². The summed E-state index contributed by atoms with van der Waals surface area (Å²) >= 11 is 0. The molecule has 0 amide bonds. The first-order chi connectivity index (χ1) is 10.8. The normalized spacial score (nSPS) is 10.3. The summed E-state index contributed by atoms with van der Waals surface area (Å²) in [5.41, 5.74) is 0.563. The Labute approximate surface area is 171 Å². The minimum atomic E-state index is -0.136. The molecule has 1 aromatic rings. The van der Waals surface area contributed by atoms with Crippen molar-refractivity contribution in [3.63, 3.8) is 0 Å². The van der Waals surface area contributed by atoms with Crippen molar-refractivity contribution < 1.29 is 19.0 Å². The highest BCUT2D eigenvalue weighted by molar-refractivity contribution is 8.93. The van der Waals surface area contributed by atoms with E-state index in [4.69, 9.17) is 14.2 Å². The van der Waals surface area contributed by atoms with Crippen molar-refractivity contribution in [3.05, 3.63) is 17.7 Å². The average molecular weight is 486 g/mol. The molecule has 0 aliphatic carbocycles. The highest BCUT2D eigenvalue weighted by Gasteiger charge is 2.24. The van der Waals surface area contributed by atoms with E-state index in [1.165, 1.54) is 0 Å². The van der Waals surface area contributed by atoms with Crippen molar-refractivity contribution in [3.8, 4) is 17.2 Å². The third-order valence-electron chi connectivity index (χ3n) is 3.49. The lowest BCUT2D eigenvalue weighted by Crippen LogP contribution is -2.35. The zero-order valence-electron chi connectivity index (χ0n) is 16.0. The van der Waals surface area contributed by atoms with E-state index >= 15 is 0 Å². The number of ketones is 1. The maximum Gasteiger partial charge on any atom is 0.203 e. The van der Waals surface area contributed by atoms with Crippen LogP contribution >= 0.6 is 34.0 Å². The van der Waals surface area contributed by atoms with Crippen molar-refractivity contribution in [2.45, 2.75) is 0 Å². The number of methoxy groups -OCH3 is 3. The molecule has 0 saturated heterocycles. The Balaban J connectivity index is 0. The highest BCUT2D eigenvalue weighted by atomic mass is 79.9. The fraction of sp³-hybridized carbons (Fsp3) is 0.588. The largest absolute Gasteiger partial charge is 0.493 e. The third kappa shape index (κ3) is 7.52. The van der Waals surface area contributed by atoms with Gasteiger partial charge in [0, 0.05) is 24.6 Å². The fourth-order valence-electron chi connectivity index (χ4n) is 2.56. The summed E-state index contributed by atoms with van der Waals surface area (Å²) in [7, 11) is 12.5. The van der Waals surface area contributed by atoms with Crippen LogP contribution in [-0.2, 0) is 0 Å². The predicted octanol–water partition coefficient (Wildman–Crippen LogP) is 2.79. The molecule has 0 unspecified atom stereocenters. The second kappa shape index (κ2) is 12.5. The lowest BCUT2D eigenvalue weighted by molar-refractivity contribution is 0.0870. The van der Waals surface area contributed by atoms with Gasteiger partial charge in [0.25, 0.3) is 0 Å². The summed E-state index contributed by atoms with van der Waals surface area (Å²) in [4.78, 5) is 17.0. The van der Waals surface area contributed by atoms with Crippen molar-refractivity contribution in [2.24, 2.45) is 5.92 Å². The molecule has 0 N–H and O–H groups in total. The Morgan fingerprint density at radius 3 is 1.56 bits per heavy atom. The van der Waals surface area contributed by atoms with Gasteiger partial charge in [0.2, 0.25) is 5.75 Å². The van der Waals surface area contributed by atoms with Crippen molar-refractivity contribution in [1.82, 2.24) is 9.80 Å². The van der Waals surface area contributed by atoms with E-state index in [1.807, 2.05) is 38.0 Å².